The lowest BCUT2D eigenvalue weighted by molar-refractivity contribution is 0.266. The zero-order valence-corrected chi connectivity index (χ0v) is 11.0. The minimum absolute atomic E-state index is 0.222. The fourth-order valence-electron chi connectivity index (χ4n) is 2.67. The Morgan fingerprint density at radius 3 is 2.88 bits per heavy atom. The molecule has 0 amide bonds. The average Bonchev–Trinajstić information content (AvgIpc) is 2.79. The van der Waals surface area contributed by atoms with Crippen molar-refractivity contribution in [2.75, 3.05) is 13.7 Å². The zero-order valence-electron chi connectivity index (χ0n) is 11.0. The molecule has 1 aliphatic heterocycles. The molecule has 2 rings (SSSR count). The van der Waals surface area contributed by atoms with Gasteiger partial charge in [-0.2, -0.15) is 0 Å². The van der Waals surface area contributed by atoms with Crippen molar-refractivity contribution >= 4 is 0 Å². The highest BCUT2D eigenvalue weighted by Gasteiger charge is 2.36. The van der Waals surface area contributed by atoms with E-state index in [1.165, 1.54) is 12.8 Å². The van der Waals surface area contributed by atoms with E-state index in [0.29, 0.717) is 11.8 Å². The molecule has 0 radical (unpaired) electrons. The topological polar surface area (TPSA) is 34.1 Å². The highest BCUT2D eigenvalue weighted by molar-refractivity contribution is 5.18. The van der Waals surface area contributed by atoms with E-state index in [-0.39, 0.29) is 5.54 Å². The monoisotopic (exact) mass is 234 g/mol. The third kappa shape index (κ3) is 2.60. The molecule has 1 fully saturated rings. The molecule has 0 aromatic carbocycles. The van der Waals surface area contributed by atoms with Gasteiger partial charge in [0.1, 0.15) is 0 Å². The van der Waals surface area contributed by atoms with E-state index in [1.807, 2.05) is 12.1 Å². The summed E-state index contributed by atoms with van der Waals surface area (Å²) in [6, 6.07) is 6.00. The lowest BCUT2D eigenvalue weighted by Crippen LogP contribution is -2.46. The number of nitrogens with one attached hydrogen (secondary N) is 1. The van der Waals surface area contributed by atoms with Gasteiger partial charge < -0.3 is 10.1 Å². The van der Waals surface area contributed by atoms with Crippen LogP contribution in [0.3, 0.4) is 0 Å². The normalized spacial score (nSPS) is 24.2. The summed E-state index contributed by atoms with van der Waals surface area (Å²) in [7, 11) is 1.66. The molecule has 94 valence electrons. The van der Waals surface area contributed by atoms with Crippen LogP contribution in [0.25, 0.3) is 0 Å². The molecule has 1 N–H and O–H groups in total. The Balaban J connectivity index is 2.17. The van der Waals surface area contributed by atoms with Crippen molar-refractivity contribution in [3.05, 3.63) is 23.9 Å². The van der Waals surface area contributed by atoms with Crippen LogP contribution in [0, 0.1) is 5.92 Å². The van der Waals surface area contributed by atoms with E-state index in [2.05, 4.69) is 30.2 Å². The highest BCUT2D eigenvalue weighted by atomic mass is 16.5. The first-order valence-electron chi connectivity index (χ1n) is 6.41. The molecule has 1 aromatic heterocycles. The smallest absolute Gasteiger partial charge is 0.213 e. The van der Waals surface area contributed by atoms with Crippen LogP contribution in [0.1, 0.15) is 32.4 Å². The number of aromatic nitrogens is 1. The van der Waals surface area contributed by atoms with Crippen molar-refractivity contribution in [2.24, 2.45) is 5.92 Å². The SMILES string of the molecule is COc1cccc(CC2(C(C)C)CCCN2)n1. The number of rotatable bonds is 4. The first-order chi connectivity index (χ1) is 8.16. The molecule has 3 nitrogen and oxygen atoms in total. The quantitative estimate of drug-likeness (QED) is 0.868. The Hall–Kier alpha value is -1.09. The van der Waals surface area contributed by atoms with Gasteiger partial charge in [-0.3, -0.25) is 0 Å². The fourth-order valence-corrected chi connectivity index (χ4v) is 2.67. The van der Waals surface area contributed by atoms with Crippen LogP contribution in [-0.2, 0) is 6.42 Å². The lowest BCUT2D eigenvalue weighted by Gasteiger charge is -2.33. The fraction of sp³-hybridized carbons (Fsp3) is 0.643. The summed E-state index contributed by atoms with van der Waals surface area (Å²) in [5, 5.41) is 3.67. The molecule has 0 aliphatic carbocycles. The molecular formula is C14H22N2O. The summed E-state index contributed by atoms with van der Waals surface area (Å²) < 4.78 is 5.18. The van der Waals surface area contributed by atoms with E-state index in [9.17, 15) is 0 Å². The van der Waals surface area contributed by atoms with Crippen LogP contribution in [0.2, 0.25) is 0 Å². The zero-order chi connectivity index (χ0) is 12.3. The Kier molecular flexibility index (Phi) is 3.67. The number of methoxy groups -OCH3 is 1. The second-order valence-electron chi connectivity index (χ2n) is 5.19. The molecule has 0 bridgehead atoms. The number of pyridine rings is 1. The van der Waals surface area contributed by atoms with Gasteiger partial charge in [0.25, 0.3) is 0 Å². The van der Waals surface area contributed by atoms with Gasteiger partial charge in [-0.25, -0.2) is 4.98 Å². The molecule has 1 aliphatic rings. The van der Waals surface area contributed by atoms with Crippen LogP contribution >= 0.6 is 0 Å². The largest absolute Gasteiger partial charge is 0.481 e. The van der Waals surface area contributed by atoms with Gasteiger partial charge in [-0.1, -0.05) is 19.9 Å². The van der Waals surface area contributed by atoms with Gasteiger partial charge in [0, 0.05) is 23.7 Å². The summed E-state index contributed by atoms with van der Waals surface area (Å²) in [6.07, 6.45) is 3.49. The minimum atomic E-state index is 0.222. The third-order valence-electron chi connectivity index (χ3n) is 3.87. The minimum Gasteiger partial charge on any atom is -0.481 e. The van der Waals surface area contributed by atoms with Crippen LogP contribution < -0.4 is 10.1 Å². The Bertz CT molecular complexity index is 370. The van der Waals surface area contributed by atoms with Crippen LogP contribution in [0.15, 0.2) is 18.2 Å². The van der Waals surface area contributed by atoms with Crippen LogP contribution in [0.5, 0.6) is 5.88 Å². The molecule has 1 aromatic rings. The summed E-state index contributed by atoms with van der Waals surface area (Å²) in [5.74, 6) is 1.33. The van der Waals surface area contributed by atoms with Crippen LogP contribution in [-0.4, -0.2) is 24.2 Å². The van der Waals surface area contributed by atoms with Gasteiger partial charge in [0.05, 0.1) is 7.11 Å². The summed E-state index contributed by atoms with van der Waals surface area (Å²) >= 11 is 0. The Labute approximate surface area is 104 Å². The highest BCUT2D eigenvalue weighted by Crippen LogP contribution is 2.31. The number of hydrogen-bond donors (Lipinski definition) is 1. The molecule has 1 saturated heterocycles. The maximum atomic E-state index is 5.18. The maximum Gasteiger partial charge on any atom is 0.213 e. The predicted octanol–water partition coefficient (Wildman–Crippen LogP) is 2.41. The van der Waals surface area contributed by atoms with Crippen molar-refractivity contribution in [2.45, 2.75) is 38.6 Å². The van der Waals surface area contributed by atoms with Gasteiger partial charge in [0.2, 0.25) is 5.88 Å². The van der Waals surface area contributed by atoms with Gasteiger partial charge >= 0.3 is 0 Å². The van der Waals surface area contributed by atoms with E-state index >= 15 is 0 Å². The summed E-state index contributed by atoms with van der Waals surface area (Å²) in [6.45, 7) is 5.71. The lowest BCUT2D eigenvalue weighted by atomic mass is 9.81. The van der Waals surface area contributed by atoms with Gasteiger partial charge in [0.15, 0.2) is 0 Å². The molecular weight excluding hydrogens is 212 g/mol. The van der Waals surface area contributed by atoms with Crippen molar-refractivity contribution in [1.29, 1.82) is 0 Å². The second-order valence-corrected chi connectivity index (χ2v) is 5.19. The first kappa shape index (κ1) is 12.4. The molecule has 3 heteroatoms. The number of ether oxygens (including phenoxy) is 1. The number of nitrogens with zero attached hydrogens (tertiary/aromatic N) is 1. The molecule has 0 spiro atoms. The van der Waals surface area contributed by atoms with Crippen molar-refractivity contribution in [3.63, 3.8) is 0 Å². The maximum absolute atomic E-state index is 5.18. The Morgan fingerprint density at radius 1 is 1.47 bits per heavy atom. The van der Waals surface area contributed by atoms with Gasteiger partial charge in [-0.05, 0) is 31.4 Å². The predicted molar refractivity (Wildman–Crippen MR) is 69.3 cm³/mol. The van der Waals surface area contributed by atoms with E-state index in [0.717, 1.165) is 18.7 Å². The van der Waals surface area contributed by atoms with E-state index in [4.69, 9.17) is 4.74 Å². The van der Waals surface area contributed by atoms with Crippen molar-refractivity contribution in [1.82, 2.24) is 10.3 Å². The molecule has 0 saturated carbocycles. The molecule has 2 heterocycles. The van der Waals surface area contributed by atoms with Crippen LogP contribution in [0.4, 0.5) is 0 Å². The Morgan fingerprint density at radius 2 is 2.29 bits per heavy atom. The van der Waals surface area contributed by atoms with Crippen molar-refractivity contribution < 1.29 is 4.74 Å². The third-order valence-corrected chi connectivity index (χ3v) is 3.87. The standard InChI is InChI=1S/C14H22N2O/c1-11(2)14(8-5-9-15-14)10-12-6-4-7-13(16-12)17-3/h4,6-7,11,15H,5,8-10H2,1-3H3. The van der Waals surface area contributed by atoms with Gasteiger partial charge in [-0.15, -0.1) is 0 Å². The van der Waals surface area contributed by atoms with E-state index < -0.39 is 0 Å². The second kappa shape index (κ2) is 5.05. The first-order valence-corrected chi connectivity index (χ1v) is 6.41. The van der Waals surface area contributed by atoms with Crippen molar-refractivity contribution in [3.8, 4) is 5.88 Å². The number of hydrogen-bond acceptors (Lipinski definition) is 3. The molecule has 1 unspecified atom stereocenters. The summed E-state index contributed by atoms with van der Waals surface area (Å²) in [5.41, 5.74) is 1.34. The molecule has 17 heavy (non-hydrogen) atoms. The van der Waals surface area contributed by atoms with E-state index in [1.54, 1.807) is 7.11 Å². The average molecular weight is 234 g/mol. The summed E-state index contributed by atoms with van der Waals surface area (Å²) in [4.78, 5) is 4.52. The molecule has 1 atom stereocenters.